The van der Waals surface area contributed by atoms with E-state index in [2.05, 4.69) is 10.0 Å². The van der Waals surface area contributed by atoms with Crippen molar-refractivity contribution in [2.45, 2.75) is 4.90 Å². The largest absolute Gasteiger partial charge is 0.497 e. The molecular formula is C23H20N2O6S. The number of hydrogen-bond acceptors (Lipinski definition) is 6. The Hall–Kier alpha value is -3.98. The number of fused-ring (bicyclic) bond motifs is 1. The molecule has 0 aliphatic carbocycles. The second-order valence-electron chi connectivity index (χ2n) is 6.80. The van der Waals surface area contributed by atoms with Gasteiger partial charge in [0.1, 0.15) is 17.1 Å². The smallest absolute Gasteiger partial charge is 0.291 e. The average Bonchev–Trinajstić information content (AvgIpc) is 3.24. The van der Waals surface area contributed by atoms with E-state index in [9.17, 15) is 13.2 Å². The number of carbonyl (C=O) groups excluding carboxylic acids is 1. The molecule has 0 aliphatic rings. The molecule has 1 amide bonds. The number of amides is 1. The summed E-state index contributed by atoms with van der Waals surface area (Å²) in [6.45, 7) is 0. The number of para-hydroxylation sites is 1. The molecule has 0 radical (unpaired) electrons. The first-order valence-corrected chi connectivity index (χ1v) is 11.0. The zero-order valence-electron chi connectivity index (χ0n) is 17.3. The van der Waals surface area contributed by atoms with E-state index >= 15 is 0 Å². The monoisotopic (exact) mass is 452 g/mol. The van der Waals surface area contributed by atoms with Crippen LogP contribution in [0.1, 0.15) is 10.6 Å². The Morgan fingerprint density at radius 3 is 2.34 bits per heavy atom. The first-order chi connectivity index (χ1) is 15.4. The molecule has 0 aliphatic heterocycles. The minimum Gasteiger partial charge on any atom is -0.497 e. The third-order valence-corrected chi connectivity index (χ3v) is 6.11. The Balaban J connectivity index is 1.49. The van der Waals surface area contributed by atoms with Crippen LogP contribution in [0.3, 0.4) is 0 Å². The predicted molar refractivity (Wildman–Crippen MR) is 121 cm³/mol. The van der Waals surface area contributed by atoms with Crippen LogP contribution in [0, 0.1) is 0 Å². The second-order valence-corrected chi connectivity index (χ2v) is 8.48. The lowest BCUT2D eigenvalue weighted by Crippen LogP contribution is -2.14. The van der Waals surface area contributed by atoms with Crippen molar-refractivity contribution in [1.82, 2.24) is 0 Å². The second kappa shape index (κ2) is 8.64. The van der Waals surface area contributed by atoms with Crippen LogP contribution in [0.15, 0.2) is 82.1 Å². The predicted octanol–water partition coefficient (Wildman–Crippen LogP) is 4.50. The molecule has 4 aromatic rings. The Bertz CT molecular complexity index is 1340. The molecule has 1 heterocycles. The van der Waals surface area contributed by atoms with Crippen LogP contribution >= 0.6 is 0 Å². The van der Waals surface area contributed by atoms with Crippen LogP contribution < -0.4 is 19.5 Å². The maximum atomic E-state index is 12.8. The molecule has 32 heavy (non-hydrogen) atoms. The summed E-state index contributed by atoms with van der Waals surface area (Å²) in [4.78, 5) is 12.5. The van der Waals surface area contributed by atoms with E-state index in [1.54, 1.807) is 30.3 Å². The minimum absolute atomic E-state index is 0.0251. The Morgan fingerprint density at radius 2 is 1.66 bits per heavy atom. The molecule has 0 saturated heterocycles. The van der Waals surface area contributed by atoms with Gasteiger partial charge in [0.15, 0.2) is 5.76 Å². The number of hydrogen-bond donors (Lipinski definition) is 2. The van der Waals surface area contributed by atoms with Crippen LogP contribution in [-0.4, -0.2) is 28.5 Å². The van der Waals surface area contributed by atoms with Crippen LogP contribution in [0.2, 0.25) is 0 Å². The highest BCUT2D eigenvalue weighted by Crippen LogP contribution is 2.31. The lowest BCUT2D eigenvalue weighted by atomic mass is 10.2. The molecule has 8 nitrogen and oxygen atoms in total. The quantitative estimate of drug-likeness (QED) is 0.427. The fraction of sp³-hybridized carbons (Fsp3) is 0.0870. The van der Waals surface area contributed by atoms with Crippen molar-refractivity contribution in [3.8, 4) is 11.5 Å². The lowest BCUT2D eigenvalue weighted by Gasteiger charge is -2.13. The highest BCUT2D eigenvalue weighted by atomic mass is 32.2. The highest BCUT2D eigenvalue weighted by Gasteiger charge is 2.18. The first-order valence-electron chi connectivity index (χ1n) is 9.54. The summed E-state index contributed by atoms with van der Waals surface area (Å²) >= 11 is 0. The minimum atomic E-state index is -3.88. The molecule has 0 bridgehead atoms. The number of furan rings is 1. The van der Waals surface area contributed by atoms with Crippen LogP contribution in [-0.2, 0) is 10.0 Å². The molecule has 164 valence electrons. The van der Waals surface area contributed by atoms with Gasteiger partial charge in [-0.15, -0.1) is 0 Å². The molecule has 9 heteroatoms. The third-order valence-electron chi connectivity index (χ3n) is 4.72. The van der Waals surface area contributed by atoms with E-state index in [4.69, 9.17) is 13.9 Å². The maximum Gasteiger partial charge on any atom is 0.291 e. The molecular weight excluding hydrogens is 432 g/mol. The number of nitrogens with one attached hydrogen (secondary N) is 2. The van der Waals surface area contributed by atoms with Crippen LogP contribution in [0.5, 0.6) is 11.5 Å². The van der Waals surface area contributed by atoms with E-state index in [-0.39, 0.29) is 16.3 Å². The van der Waals surface area contributed by atoms with Gasteiger partial charge in [-0.05, 0) is 48.5 Å². The molecule has 2 N–H and O–H groups in total. The number of carbonyl (C=O) groups is 1. The topological polar surface area (TPSA) is 107 Å². The van der Waals surface area contributed by atoms with Crippen molar-refractivity contribution in [3.63, 3.8) is 0 Å². The zero-order valence-corrected chi connectivity index (χ0v) is 18.1. The summed E-state index contributed by atoms with van der Waals surface area (Å²) in [7, 11) is -0.939. The Kier molecular flexibility index (Phi) is 5.74. The van der Waals surface area contributed by atoms with Gasteiger partial charge < -0.3 is 19.2 Å². The van der Waals surface area contributed by atoms with Crippen molar-refractivity contribution in [3.05, 3.63) is 78.6 Å². The fourth-order valence-electron chi connectivity index (χ4n) is 3.09. The molecule has 0 spiro atoms. The van der Waals surface area contributed by atoms with E-state index in [0.29, 0.717) is 22.8 Å². The lowest BCUT2D eigenvalue weighted by molar-refractivity contribution is 0.0998. The zero-order chi connectivity index (χ0) is 22.7. The molecule has 4 rings (SSSR count). The van der Waals surface area contributed by atoms with Crippen molar-refractivity contribution in [1.29, 1.82) is 0 Å². The molecule has 0 fully saturated rings. The van der Waals surface area contributed by atoms with E-state index < -0.39 is 15.9 Å². The van der Waals surface area contributed by atoms with Gasteiger partial charge in [0.25, 0.3) is 15.9 Å². The van der Waals surface area contributed by atoms with Crippen molar-refractivity contribution >= 4 is 38.3 Å². The number of anilines is 2. The summed E-state index contributed by atoms with van der Waals surface area (Å²) in [6, 6.07) is 19.5. The number of benzene rings is 3. The highest BCUT2D eigenvalue weighted by molar-refractivity contribution is 7.92. The van der Waals surface area contributed by atoms with Crippen LogP contribution in [0.4, 0.5) is 11.4 Å². The summed E-state index contributed by atoms with van der Waals surface area (Å²) < 4.78 is 44.0. The number of sulfonamides is 1. The summed E-state index contributed by atoms with van der Waals surface area (Å²) in [5.41, 5.74) is 1.31. The molecule has 3 aromatic carbocycles. The SMILES string of the molecule is COc1ccc(NS(=O)(=O)c2ccc(NC(=O)c3cc4ccccc4o3)cc2)c(OC)c1. The van der Waals surface area contributed by atoms with Gasteiger partial charge in [0, 0.05) is 17.1 Å². The van der Waals surface area contributed by atoms with Gasteiger partial charge in [-0.25, -0.2) is 8.42 Å². The third kappa shape index (κ3) is 4.37. The first kappa shape index (κ1) is 21.3. The Labute approximate surface area is 184 Å². The van der Waals surface area contributed by atoms with Crippen molar-refractivity contribution in [2.24, 2.45) is 0 Å². The normalized spacial score (nSPS) is 11.2. The fourth-order valence-corrected chi connectivity index (χ4v) is 4.16. The van der Waals surface area contributed by atoms with Crippen LogP contribution in [0.25, 0.3) is 11.0 Å². The van der Waals surface area contributed by atoms with Gasteiger partial charge in [0.2, 0.25) is 0 Å². The van der Waals surface area contributed by atoms with E-state index in [1.807, 2.05) is 18.2 Å². The van der Waals surface area contributed by atoms with Gasteiger partial charge in [-0.1, -0.05) is 18.2 Å². The van der Waals surface area contributed by atoms with Gasteiger partial charge in [-0.2, -0.15) is 0 Å². The average molecular weight is 452 g/mol. The Morgan fingerprint density at radius 1 is 0.906 bits per heavy atom. The molecule has 1 aromatic heterocycles. The number of ether oxygens (including phenoxy) is 2. The van der Waals surface area contributed by atoms with Gasteiger partial charge in [0.05, 0.1) is 24.8 Å². The van der Waals surface area contributed by atoms with Gasteiger partial charge >= 0.3 is 0 Å². The maximum absolute atomic E-state index is 12.8. The van der Waals surface area contributed by atoms with E-state index in [0.717, 1.165) is 5.39 Å². The van der Waals surface area contributed by atoms with Crippen molar-refractivity contribution < 1.29 is 27.1 Å². The molecule has 0 atom stereocenters. The summed E-state index contributed by atoms with van der Waals surface area (Å²) in [5, 5.41) is 3.52. The van der Waals surface area contributed by atoms with Gasteiger partial charge in [-0.3, -0.25) is 9.52 Å². The number of methoxy groups -OCH3 is 2. The summed E-state index contributed by atoms with van der Waals surface area (Å²) in [6.07, 6.45) is 0. The van der Waals surface area contributed by atoms with E-state index in [1.165, 1.54) is 38.5 Å². The molecule has 0 saturated carbocycles. The number of rotatable bonds is 7. The standard InChI is InChI=1S/C23H20N2O6S/c1-29-17-9-12-19(21(14-17)30-2)25-32(27,28)18-10-7-16(8-11-18)24-23(26)22-13-15-5-3-4-6-20(15)31-22/h3-14,25H,1-2H3,(H,24,26). The summed E-state index contributed by atoms with van der Waals surface area (Å²) in [5.74, 6) is 0.589. The molecule has 0 unspecified atom stereocenters. The van der Waals surface area contributed by atoms with Crippen molar-refractivity contribution in [2.75, 3.05) is 24.3 Å².